The van der Waals surface area contributed by atoms with Crippen molar-refractivity contribution in [3.63, 3.8) is 0 Å². The van der Waals surface area contributed by atoms with Crippen LogP contribution in [0.3, 0.4) is 0 Å². The molecule has 1 unspecified atom stereocenters. The summed E-state index contributed by atoms with van der Waals surface area (Å²) in [6, 6.07) is 1.99. The molecular formula is C12H17N3. The van der Waals surface area contributed by atoms with Crippen LogP contribution in [0.25, 0.3) is 5.82 Å². The van der Waals surface area contributed by atoms with Crippen molar-refractivity contribution >= 4 is 12.0 Å². The van der Waals surface area contributed by atoms with Crippen molar-refractivity contribution in [3.05, 3.63) is 24.0 Å². The molecule has 1 atom stereocenters. The van der Waals surface area contributed by atoms with Gasteiger partial charge in [-0.25, -0.2) is 9.67 Å². The van der Waals surface area contributed by atoms with E-state index in [2.05, 4.69) is 36.2 Å². The predicted molar refractivity (Wildman–Crippen MR) is 62.7 cm³/mol. The first-order valence-corrected chi connectivity index (χ1v) is 5.44. The number of nitrogens with zero attached hydrogens (tertiary/aromatic N) is 3. The fraction of sp³-hybridized carbons (Fsp3) is 0.500. The third-order valence-corrected chi connectivity index (χ3v) is 2.78. The standard InChI is InChI=1S/C12H17N3/c1-9(2)11-4-5-12(13-8-11)15-7-6-10(3)14-15/h5-9,11H,4H2,1-3H3. The van der Waals surface area contributed by atoms with Gasteiger partial charge in [-0.05, 0) is 31.4 Å². The zero-order chi connectivity index (χ0) is 10.8. The minimum absolute atomic E-state index is 0.574. The SMILES string of the molecule is Cc1ccn(C2=CCC(C(C)C)C=N2)n1. The normalized spacial score (nSPS) is 20.8. The van der Waals surface area contributed by atoms with Crippen molar-refractivity contribution < 1.29 is 0 Å². The molecule has 1 aliphatic rings. The molecule has 1 aliphatic heterocycles. The molecular weight excluding hydrogens is 186 g/mol. The second-order valence-corrected chi connectivity index (χ2v) is 4.39. The van der Waals surface area contributed by atoms with E-state index in [1.165, 1.54) is 0 Å². The molecule has 0 aliphatic carbocycles. The number of rotatable bonds is 2. The molecule has 0 aromatic carbocycles. The van der Waals surface area contributed by atoms with Crippen LogP contribution in [-0.2, 0) is 0 Å². The van der Waals surface area contributed by atoms with Crippen molar-refractivity contribution in [2.24, 2.45) is 16.8 Å². The van der Waals surface area contributed by atoms with E-state index in [0.717, 1.165) is 17.9 Å². The Bertz CT molecular complexity index is 399. The molecule has 0 amide bonds. The highest BCUT2D eigenvalue weighted by Crippen LogP contribution is 2.21. The first-order valence-electron chi connectivity index (χ1n) is 5.44. The third kappa shape index (κ3) is 2.17. The molecule has 15 heavy (non-hydrogen) atoms. The molecule has 3 heteroatoms. The van der Waals surface area contributed by atoms with Crippen LogP contribution in [-0.4, -0.2) is 16.0 Å². The van der Waals surface area contributed by atoms with Gasteiger partial charge in [0.05, 0.1) is 5.69 Å². The lowest BCUT2D eigenvalue weighted by atomic mass is 9.92. The largest absolute Gasteiger partial charge is 0.242 e. The molecule has 0 saturated carbocycles. The second kappa shape index (κ2) is 4.01. The van der Waals surface area contributed by atoms with Gasteiger partial charge < -0.3 is 0 Å². The average Bonchev–Trinajstić information content (AvgIpc) is 2.65. The van der Waals surface area contributed by atoms with Crippen molar-refractivity contribution in [2.75, 3.05) is 0 Å². The Labute approximate surface area is 90.5 Å². The van der Waals surface area contributed by atoms with Crippen molar-refractivity contribution in [3.8, 4) is 0 Å². The topological polar surface area (TPSA) is 30.2 Å². The molecule has 0 spiro atoms. The molecule has 0 radical (unpaired) electrons. The summed E-state index contributed by atoms with van der Waals surface area (Å²) in [5, 5.41) is 4.34. The van der Waals surface area contributed by atoms with Gasteiger partial charge in [-0.2, -0.15) is 5.10 Å². The first kappa shape index (κ1) is 10.1. The maximum Gasteiger partial charge on any atom is 0.148 e. The lowest BCUT2D eigenvalue weighted by Crippen LogP contribution is -2.13. The van der Waals surface area contributed by atoms with Gasteiger partial charge in [-0.1, -0.05) is 13.8 Å². The highest BCUT2D eigenvalue weighted by molar-refractivity contribution is 5.71. The molecule has 1 aromatic rings. The summed E-state index contributed by atoms with van der Waals surface area (Å²) < 4.78 is 1.84. The van der Waals surface area contributed by atoms with E-state index in [-0.39, 0.29) is 0 Å². The summed E-state index contributed by atoms with van der Waals surface area (Å²) >= 11 is 0. The molecule has 0 fully saturated rings. The third-order valence-electron chi connectivity index (χ3n) is 2.78. The Hall–Kier alpha value is -1.38. The van der Waals surface area contributed by atoms with E-state index in [1.807, 2.05) is 23.9 Å². The van der Waals surface area contributed by atoms with Crippen LogP contribution in [0, 0.1) is 18.8 Å². The van der Waals surface area contributed by atoms with E-state index in [0.29, 0.717) is 11.8 Å². The van der Waals surface area contributed by atoms with Gasteiger partial charge in [-0.3, -0.25) is 0 Å². The molecule has 80 valence electrons. The van der Waals surface area contributed by atoms with Gasteiger partial charge in [0.15, 0.2) is 0 Å². The van der Waals surface area contributed by atoms with Crippen LogP contribution in [0.15, 0.2) is 23.3 Å². The Morgan fingerprint density at radius 3 is 2.73 bits per heavy atom. The van der Waals surface area contributed by atoms with Crippen molar-refractivity contribution in [1.82, 2.24) is 9.78 Å². The maximum atomic E-state index is 4.45. The van der Waals surface area contributed by atoms with Crippen LogP contribution in [0.2, 0.25) is 0 Å². The van der Waals surface area contributed by atoms with Crippen LogP contribution < -0.4 is 0 Å². The summed E-state index contributed by atoms with van der Waals surface area (Å²) in [4.78, 5) is 4.45. The average molecular weight is 203 g/mol. The zero-order valence-electron chi connectivity index (χ0n) is 9.51. The second-order valence-electron chi connectivity index (χ2n) is 4.39. The number of hydrogen-bond donors (Lipinski definition) is 0. The number of aliphatic imine (C=N–C) groups is 1. The fourth-order valence-corrected chi connectivity index (χ4v) is 1.67. The predicted octanol–water partition coefficient (Wildman–Crippen LogP) is 2.74. The number of hydrogen-bond acceptors (Lipinski definition) is 2. The minimum atomic E-state index is 0.574. The molecule has 1 aromatic heterocycles. The van der Waals surface area contributed by atoms with Crippen LogP contribution in [0.1, 0.15) is 26.0 Å². The van der Waals surface area contributed by atoms with Gasteiger partial charge in [0, 0.05) is 18.3 Å². The molecule has 2 rings (SSSR count). The smallest absolute Gasteiger partial charge is 0.148 e. The quantitative estimate of drug-likeness (QED) is 0.727. The fourth-order valence-electron chi connectivity index (χ4n) is 1.67. The highest BCUT2D eigenvalue weighted by Gasteiger charge is 2.14. The summed E-state index contributed by atoms with van der Waals surface area (Å²) in [6.07, 6.45) is 7.23. The molecule has 0 N–H and O–H groups in total. The van der Waals surface area contributed by atoms with Crippen molar-refractivity contribution in [2.45, 2.75) is 27.2 Å². The van der Waals surface area contributed by atoms with E-state index >= 15 is 0 Å². The maximum absolute atomic E-state index is 4.45. The Morgan fingerprint density at radius 1 is 1.47 bits per heavy atom. The number of aryl methyl sites for hydroxylation is 1. The first-order chi connectivity index (χ1) is 7.16. The molecule has 2 heterocycles. The monoisotopic (exact) mass is 203 g/mol. The summed E-state index contributed by atoms with van der Waals surface area (Å²) in [5.41, 5.74) is 1.03. The van der Waals surface area contributed by atoms with E-state index in [4.69, 9.17) is 0 Å². The van der Waals surface area contributed by atoms with Crippen LogP contribution in [0.5, 0.6) is 0 Å². The van der Waals surface area contributed by atoms with Crippen LogP contribution >= 0.6 is 0 Å². The summed E-state index contributed by atoms with van der Waals surface area (Å²) in [5.74, 6) is 2.18. The summed E-state index contributed by atoms with van der Waals surface area (Å²) in [6.45, 7) is 6.45. The van der Waals surface area contributed by atoms with Crippen LogP contribution in [0.4, 0.5) is 0 Å². The van der Waals surface area contributed by atoms with Gasteiger partial charge >= 0.3 is 0 Å². The van der Waals surface area contributed by atoms with E-state index in [9.17, 15) is 0 Å². The lowest BCUT2D eigenvalue weighted by molar-refractivity contribution is 0.502. The molecule has 3 nitrogen and oxygen atoms in total. The molecule has 0 saturated heterocycles. The van der Waals surface area contributed by atoms with Gasteiger partial charge in [-0.15, -0.1) is 0 Å². The Balaban J connectivity index is 2.13. The van der Waals surface area contributed by atoms with Gasteiger partial charge in [0.2, 0.25) is 0 Å². The zero-order valence-corrected chi connectivity index (χ0v) is 9.51. The highest BCUT2D eigenvalue weighted by atomic mass is 15.3. The molecule has 0 bridgehead atoms. The Morgan fingerprint density at radius 2 is 2.27 bits per heavy atom. The summed E-state index contributed by atoms with van der Waals surface area (Å²) in [7, 11) is 0. The lowest BCUT2D eigenvalue weighted by Gasteiger charge is -2.18. The number of allylic oxidation sites excluding steroid dienone is 1. The van der Waals surface area contributed by atoms with Gasteiger partial charge in [0.1, 0.15) is 5.82 Å². The Kier molecular flexibility index (Phi) is 2.71. The van der Waals surface area contributed by atoms with Crippen molar-refractivity contribution in [1.29, 1.82) is 0 Å². The van der Waals surface area contributed by atoms with E-state index < -0.39 is 0 Å². The number of aromatic nitrogens is 2. The van der Waals surface area contributed by atoms with Gasteiger partial charge in [0.25, 0.3) is 0 Å². The van der Waals surface area contributed by atoms with E-state index in [1.54, 1.807) is 0 Å². The minimum Gasteiger partial charge on any atom is -0.242 e.